The van der Waals surface area contributed by atoms with Crippen molar-refractivity contribution in [2.45, 2.75) is 45.3 Å². The van der Waals surface area contributed by atoms with Crippen LogP contribution in [0.15, 0.2) is 36.4 Å². The molecule has 0 aliphatic carbocycles. The summed E-state index contributed by atoms with van der Waals surface area (Å²) < 4.78 is 53.1. The average molecular weight is 364 g/mol. The van der Waals surface area contributed by atoms with Crippen LogP contribution in [0, 0.1) is 5.82 Å². The van der Waals surface area contributed by atoms with E-state index in [0.29, 0.717) is 12.0 Å². The van der Waals surface area contributed by atoms with Gasteiger partial charge in [-0.2, -0.15) is 8.78 Å². The molecule has 0 bridgehead atoms. The monoisotopic (exact) mass is 364 g/mol. The smallest absolute Gasteiger partial charge is 0.426 e. The van der Waals surface area contributed by atoms with E-state index in [-0.39, 0.29) is 17.2 Å². The van der Waals surface area contributed by atoms with Crippen LogP contribution in [-0.2, 0) is 23.7 Å². The van der Waals surface area contributed by atoms with Crippen molar-refractivity contribution in [1.82, 2.24) is 0 Å². The highest BCUT2D eigenvalue weighted by Gasteiger charge is 2.37. The van der Waals surface area contributed by atoms with Gasteiger partial charge < -0.3 is 9.47 Å². The SMILES string of the molecule is CCCc1ccc(C(F)(F)Oc2ccc3c(c2F)C(=O)OC(C)C3)cc1. The molecule has 3 nitrogen and oxygen atoms in total. The lowest BCUT2D eigenvalue weighted by atomic mass is 9.98. The number of alkyl halides is 2. The Morgan fingerprint density at radius 2 is 1.88 bits per heavy atom. The molecule has 0 N–H and O–H groups in total. The number of benzene rings is 2. The average Bonchev–Trinajstić information content (AvgIpc) is 2.57. The van der Waals surface area contributed by atoms with Gasteiger partial charge in [-0.25, -0.2) is 9.18 Å². The standard InChI is InChI=1S/C20H19F3O3/c1-3-4-13-5-8-15(9-6-13)20(22,23)26-16-10-7-14-11-12(2)25-19(24)17(14)18(16)21/h5-10,12H,3-4,11H2,1-2H3. The van der Waals surface area contributed by atoms with E-state index in [1.165, 1.54) is 18.2 Å². The minimum absolute atomic E-state index is 0.327. The van der Waals surface area contributed by atoms with E-state index >= 15 is 0 Å². The molecule has 26 heavy (non-hydrogen) atoms. The zero-order chi connectivity index (χ0) is 18.9. The van der Waals surface area contributed by atoms with Gasteiger partial charge in [0, 0.05) is 6.42 Å². The molecule has 1 aliphatic rings. The summed E-state index contributed by atoms with van der Waals surface area (Å²) in [5.41, 5.74) is 0.634. The third-order valence-electron chi connectivity index (χ3n) is 4.28. The fourth-order valence-electron chi connectivity index (χ4n) is 3.01. The Hall–Kier alpha value is -2.50. The van der Waals surface area contributed by atoms with E-state index < -0.39 is 23.6 Å². The molecule has 1 unspecified atom stereocenters. The third kappa shape index (κ3) is 3.54. The fourth-order valence-corrected chi connectivity index (χ4v) is 3.01. The molecule has 6 heteroatoms. The predicted octanol–water partition coefficient (Wildman–Crippen LogP) is 5.01. The number of fused-ring (bicyclic) bond motifs is 1. The maximum Gasteiger partial charge on any atom is 0.426 e. The first-order valence-electron chi connectivity index (χ1n) is 8.50. The van der Waals surface area contributed by atoms with Gasteiger partial charge in [-0.05, 0) is 42.7 Å². The second kappa shape index (κ2) is 7.02. The number of carbonyl (C=O) groups excluding carboxylic acids is 1. The topological polar surface area (TPSA) is 35.5 Å². The summed E-state index contributed by atoms with van der Waals surface area (Å²) in [4.78, 5) is 11.9. The van der Waals surface area contributed by atoms with Crippen LogP contribution in [0.2, 0.25) is 0 Å². The van der Waals surface area contributed by atoms with Gasteiger partial charge in [0.05, 0.1) is 5.56 Å². The van der Waals surface area contributed by atoms with E-state index in [0.717, 1.165) is 24.5 Å². The normalized spacial score (nSPS) is 16.8. The first-order valence-corrected chi connectivity index (χ1v) is 8.50. The van der Waals surface area contributed by atoms with Gasteiger partial charge in [-0.1, -0.05) is 31.5 Å². The van der Waals surface area contributed by atoms with Crippen LogP contribution in [0.3, 0.4) is 0 Å². The molecule has 1 atom stereocenters. The van der Waals surface area contributed by atoms with Crippen molar-refractivity contribution in [2.24, 2.45) is 0 Å². The van der Waals surface area contributed by atoms with Crippen LogP contribution in [-0.4, -0.2) is 12.1 Å². The second-order valence-electron chi connectivity index (χ2n) is 6.40. The Balaban J connectivity index is 1.88. The number of hydrogen-bond acceptors (Lipinski definition) is 3. The van der Waals surface area contributed by atoms with Crippen LogP contribution >= 0.6 is 0 Å². The molecule has 0 saturated carbocycles. The molecule has 3 rings (SSSR count). The molecule has 2 aromatic rings. The van der Waals surface area contributed by atoms with E-state index in [9.17, 15) is 18.0 Å². The van der Waals surface area contributed by atoms with Gasteiger partial charge >= 0.3 is 12.1 Å². The minimum Gasteiger partial charge on any atom is -0.459 e. The lowest BCUT2D eigenvalue weighted by Crippen LogP contribution is -2.27. The number of aryl methyl sites for hydroxylation is 1. The Kier molecular flexibility index (Phi) is 4.94. The Morgan fingerprint density at radius 1 is 1.19 bits per heavy atom. The summed E-state index contributed by atoms with van der Waals surface area (Å²) >= 11 is 0. The lowest BCUT2D eigenvalue weighted by molar-refractivity contribution is -0.187. The number of ether oxygens (including phenoxy) is 2. The van der Waals surface area contributed by atoms with Crippen molar-refractivity contribution in [3.05, 3.63) is 64.5 Å². The highest BCUT2D eigenvalue weighted by molar-refractivity contribution is 5.93. The molecule has 0 saturated heterocycles. The Labute approximate surface area is 149 Å². The molecule has 0 fully saturated rings. The zero-order valence-corrected chi connectivity index (χ0v) is 14.5. The summed E-state index contributed by atoms with van der Waals surface area (Å²) in [6.07, 6.45) is -2.10. The molecular formula is C20H19F3O3. The third-order valence-corrected chi connectivity index (χ3v) is 4.28. The molecule has 1 heterocycles. The van der Waals surface area contributed by atoms with E-state index in [1.807, 2.05) is 6.92 Å². The highest BCUT2D eigenvalue weighted by Crippen LogP contribution is 2.36. The Bertz CT molecular complexity index is 816. The quantitative estimate of drug-likeness (QED) is 0.700. The second-order valence-corrected chi connectivity index (χ2v) is 6.40. The summed E-state index contributed by atoms with van der Waals surface area (Å²) in [6, 6.07) is 8.26. The number of halogens is 3. The van der Waals surface area contributed by atoms with Gasteiger partial charge in [0.15, 0.2) is 11.6 Å². The maximum atomic E-state index is 14.6. The van der Waals surface area contributed by atoms with Crippen LogP contribution in [0.4, 0.5) is 13.2 Å². The summed E-state index contributed by atoms with van der Waals surface area (Å²) in [5, 5.41) is 0. The number of carbonyl (C=O) groups is 1. The molecule has 0 aromatic heterocycles. The maximum absolute atomic E-state index is 14.6. The molecule has 138 valence electrons. The van der Waals surface area contributed by atoms with Gasteiger partial charge in [0.2, 0.25) is 0 Å². The molecule has 2 aromatic carbocycles. The van der Waals surface area contributed by atoms with Crippen molar-refractivity contribution in [3.8, 4) is 5.75 Å². The van der Waals surface area contributed by atoms with E-state index in [1.54, 1.807) is 19.1 Å². The first-order chi connectivity index (χ1) is 12.3. The number of cyclic esters (lactones) is 1. The molecule has 0 amide bonds. The van der Waals surface area contributed by atoms with Gasteiger partial charge in [0.25, 0.3) is 0 Å². The zero-order valence-electron chi connectivity index (χ0n) is 14.5. The van der Waals surface area contributed by atoms with Crippen LogP contribution < -0.4 is 4.74 Å². The lowest BCUT2D eigenvalue weighted by Gasteiger charge is -2.24. The summed E-state index contributed by atoms with van der Waals surface area (Å²) in [5.74, 6) is -2.67. The van der Waals surface area contributed by atoms with Crippen molar-refractivity contribution < 1.29 is 27.4 Å². The van der Waals surface area contributed by atoms with Crippen molar-refractivity contribution in [3.63, 3.8) is 0 Å². The van der Waals surface area contributed by atoms with Gasteiger partial charge in [-0.15, -0.1) is 0 Å². The Morgan fingerprint density at radius 3 is 2.54 bits per heavy atom. The largest absolute Gasteiger partial charge is 0.459 e. The molecule has 1 aliphatic heterocycles. The first kappa shape index (κ1) is 18.3. The van der Waals surface area contributed by atoms with Crippen molar-refractivity contribution in [1.29, 1.82) is 0 Å². The van der Waals surface area contributed by atoms with E-state index in [4.69, 9.17) is 4.74 Å². The number of esters is 1. The predicted molar refractivity (Wildman–Crippen MR) is 89.9 cm³/mol. The molecule has 0 spiro atoms. The van der Waals surface area contributed by atoms with Crippen molar-refractivity contribution >= 4 is 5.97 Å². The summed E-state index contributed by atoms with van der Waals surface area (Å²) in [6.45, 7) is 3.68. The minimum atomic E-state index is -3.73. The number of hydrogen-bond donors (Lipinski definition) is 0. The number of rotatable bonds is 5. The van der Waals surface area contributed by atoms with Crippen molar-refractivity contribution in [2.75, 3.05) is 0 Å². The van der Waals surface area contributed by atoms with Crippen LogP contribution in [0.1, 0.15) is 47.3 Å². The van der Waals surface area contributed by atoms with Crippen LogP contribution in [0.5, 0.6) is 5.75 Å². The van der Waals surface area contributed by atoms with Gasteiger partial charge in [-0.3, -0.25) is 0 Å². The molecular weight excluding hydrogens is 345 g/mol. The van der Waals surface area contributed by atoms with Crippen LogP contribution in [0.25, 0.3) is 0 Å². The fraction of sp³-hybridized carbons (Fsp3) is 0.350. The highest BCUT2D eigenvalue weighted by atomic mass is 19.3. The van der Waals surface area contributed by atoms with E-state index in [2.05, 4.69) is 4.74 Å². The summed E-state index contributed by atoms with van der Waals surface area (Å²) in [7, 11) is 0. The molecule has 0 radical (unpaired) electrons. The van der Waals surface area contributed by atoms with Gasteiger partial charge in [0.1, 0.15) is 11.7 Å².